The molecule has 0 heterocycles. The molecule has 0 aliphatic heterocycles. The second kappa shape index (κ2) is 8.92. The molecule has 0 aromatic heterocycles. The van der Waals surface area contributed by atoms with E-state index in [-0.39, 0.29) is 17.9 Å². The number of carbonyl (C=O) groups excluding carboxylic acids is 1. The monoisotopic (exact) mass is 268 g/mol. The standard InChI is InChI=1S/C15H28N2O2/c1-6-8-15(11-16,9-7-2)14(18)17-13(10-19-5)12(3)4/h12-13H,6-10H2,1-5H3,(H,17,18). The van der Waals surface area contributed by atoms with E-state index in [0.717, 1.165) is 12.8 Å². The summed E-state index contributed by atoms with van der Waals surface area (Å²) in [6.07, 6.45) is 2.89. The first-order valence-corrected chi connectivity index (χ1v) is 7.18. The van der Waals surface area contributed by atoms with Gasteiger partial charge in [-0.1, -0.05) is 40.5 Å². The van der Waals surface area contributed by atoms with Gasteiger partial charge in [-0.2, -0.15) is 5.26 Å². The fourth-order valence-electron chi connectivity index (χ4n) is 2.26. The number of nitriles is 1. The Kier molecular flexibility index (Phi) is 8.42. The second-order valence-electron chi connectivity index (χ2n) is 5.47. The second-order valence-corrected chi connectivity index (χ2v) is 5.47. The average molecular weight is 268 g/mol. The van der Waals surface area contributed by atoms with E-state index in [1.165, 1.54) is 0 Å². The molecule has 1 unspecified atom stereocenters. The first-order chi connectivity index (χ1) is 8.97. The van der Waals surface area contributed by atoms with E-state index in [4.69, 9.17) is 4.74 Å². The lowest BCUT2D eigenvalue weighted by Crippen LogP contribution is -2.48. The number of hydrogen-bond acceptors (Lipinski definition) is 3. The predicted octanol–water partition coefficient (Wildman–Crippen LogP) is 2.88. The molecule has 110 valence electrons. The van der Waals surface area contributed by atoms with Gasteiger partial charge in [0.2, 0.25) is 5.91 Å². The Bertz CT molecular complexity index is 302. The molecular weight excluding hydrogens is 240 g/mol. The summed E-state index contributed by atoms with van der Waals surface area (Å²) in [4.78, 5) is 12.5. The van der Waals surface area contributed by atoms with Crippen LogP contribution in [0.1, 0.15) is 53.4 Å². The molecule has 0 saturated heterocycles. The van der Waals surface area contributed by atoms with Crippen molar-refractivity contribution < 1.29 is 9.53 Å². The molecule has 19 heavy (non-hydrogen) atoms. The minimum Gasteiger partial charge on any atom is -0.383 e. The van der Waals surface area contributed by atoms with Crippen LogP contribution in [0.15, 0.2) is 0 Å². The first-order valence-electron chi connectivity index (χ1n) is 7.18. The Labute approximate surface area is 117 Å². The summed E-state index contributed by atoms with van der Waals surface area (Å²) >= 11 is 0. The van der Waals surface area contributed by atoms with Gasteiger partial charge in [0.25, 0.3) is 0 Å². The predicted molar refractivity (Wildman–Crippen MR) is 76.5 cm³/mol. The normalized spacial score (nSPS) is 13.1. The molecule has 0 fully saturated rings. The molecule has 1 amide bonds. The molecule has 0 saturated carbocycles. The zero-order chi connectivity index (χ0) is 14.9. The summed E-state index contributed by atoms with van der Waals surface area (Å²) in [5, 5.41) is 12.4. The van der Waals surface area contributed by atoms with Crippen molar-refractivity contribution in [2.45, 2.75) is 59.4 Å². The molecule has 0 aliphatic carbocycles. The molecule has 0 aromatic rings. The lowest BCUT2D eigenvalue weighted by molar-refractivity contribution is -0.130. The van der Waals surface area contributed by atoms with E-state index in [1.807, 2.05) is 27.7 Å². The largest absolute Gasteiger partial charge is 0.383 e. The summed E-state index contributed by atoms with van der Waals surface area (Å²) in [6.45, 7) is 8.56. The Morgan fingerprint density at radius 1 is 1.32 bits per heavy atom. The molecule has 0 rings (SSSR count). The summed E-state index contributed by atoms with van der Waals surface area (Å²) in [5.41, 5.74) is -0.885. The van der Waals surface area contributed by atoms with Gasteiger partial charge >= 0.3 is 0 Å². The maximum Gasteiger partial charge on any atom is 0.240 e. The summed E-state index contributed by atoms with van der Waals surface area (Å²) in [5.74, 6) is 0.137. The fraction of sp³-hybridized carbons (Fsp3) is 0.867. The summed E-state index contributed by atoms with van der Waals surface area (Å²) < 4.78 is 5.13. The van der Waals surface area contributed by atoms with Crippen LogP contribution < -0.4 is 5.32 Å². The SMILES string of the molecule is CCCC(C#N)(CCC)C(=O)NC(COC)C(C)C. The van der Waals surface area contributed by atoms with Gasteiger partial charge in [-0.05, 0) is 18.8 Å². The minimum atomic E-state index is -0.885. The molecule has 4 nitrogen and oxygen atoms in total. The van der Waals surface area contributed by atoms with Crippen molar-refractivity contribution in [3.05, 3.63) is 0 Å². The van der Waals surface area contributed by atoms with Crippen LogP contribution in [-0.2, 0) is 9.53 Å². The molecule has 0 radical (unpaired) electrons. The Balaban J connectivity index is 4.94. The molecule has 4 heteroatoms. The lowest BCUT2D eigenvalue weighted by Gasteiger charge is -2.29. The van der Waals surface area contributed by atoms with Gasteiger partial charge in [-0.25, -0.2) is 0 Å². The number of carbonyl (C=O) groups is 1. The van der Waals surface area contributed by atoms with Gasteiger partial charge in [0, 0.05) is 7.11 Å². The number of rotatable bonds is 9. The zero-order valence-electron chi connectivity index (χ0n) is 13.0. The minimum absolute atomic E-state index is 0.0427. The maximum atomic E-state index is 12.5. The highest BCUT2D eigenvalue weighted by Gasteiger charge is 2.38. The number of amides is 1. The van der Waals surface area contributed by atoms with Crippen LogP contribution in [-0.4, -0.2) is 25.7 Å². The van der Waals surface area contributed by atoms with Crippen LogP contribution >= 0.6 is 0 Å². The van der Waals surface area contributed by atoms with E-state index in [1.54, 1.807) is 7.11 Å². The maximum absolute atomic E-state index is 12.5. The highest BCUT2D eigenvalue weighted by atomic mass is 16.5. The van der Waals surface area contributed by atoms with Crippen LogP contribution in [0.2, 0.25) is 0 Å². The topological polar surface area (TPSA) is 62.1 Å². The van der Waals surface area contributed by atoms with Crippen molar-refractivity contribution in [3.63, 3.8) is 0 Å². The molecule has 1 N–H and O–H groups in total. The van der Waals surface area contributed by atoms with Crippen molar-refractivity contribution in [1.29, 1.82) is 5.26 Å². The van der Waals surface area contributed by atoms with Gasteiger partial charge in [0.1, 0.15) is 5.41 Å². The van der Waals surface area contributed by atoms with Gasteiger partial charge in [-0.15, -0.1) is 0 Å². The number of nitrogens with one attached hydrogen (secondary N) is 1. The summed E-state index contributed by atoms with van der Waals surface area (Å²) in [6, 6.07) is 2.21. The molecular formula is C15H28N2O2. The molecule has 0 bridgehead atoms. The number of ether oxygens (including phenoxy) is 1. The molecule has 0 aliphatic rings. The van der Waals surface area contributed by atoms with Crippen molar-refractivity contribution in [2.24, 2.45) is 11.3 Å². The van der Waals surface area contributed by atoms with E-state index in [0.29, 0.717) is 19.4 Å². The summed E-state index contributed by atoms with van der Waals surface area (Å²) in [7, 11) is 1.62. The van der Waals surface area contributed by atoms with Crippen molar-refractivity contribution in [1.82, 2.24) is 5.32 Å². The molecule has 1 atom stereocenters. The van der Waals surface area contributed by atoms with Crippen molar-refractivity contribution in [3.8, 4) is 6.07 Å². The lowest BCUT2D eigenvalue weighted by atomic mass is 9.79. The molecule has 0 spiro atoms. The Morgan fingerprint density at radius 3 is 2.16 bits per heavy atom. The van der Waals surface area contributed by atoms with Crippen LogP contribution in [0.4, 0.5) is 0 Å². The number of hydrogen-bond donors (Lipinski definition) is 1. The third-order valence-electron chi connectivity index (χ3n) is 3.47. The van der Waals surface area contributed by atoms with Gasteiger partial charge in [0.05, 0.1) is 18.7 Å². The van der Waals surface area contributed by atoms with Crippen LogP contribution in [0.3, 0.4) is 0 Å². The quantitative estimate of drug-likeness (QED) is 0.699. The fourth-order valence-corrected chi connectivity index (χ4v) is 2.26. The Morgan fingerprint density at radius 2 is 1.84 bits per heavy atom. The van der Waals surface area contributed by atoms with Crippen LogP contribution in [0.5, 0.6) is 0 Å². The number of nitrogens with zero attached hydrogens (tertiary/aromatic N) is 1. The third-order valence-corrected chi connectivity index (χ3v) is 3.47. The average Bonchev–Trinajstić information content (AvgIpc) is 2.37. The number of methoxy groups -OCH3 is 1. The Hall–Kier alpha value is -1.08. The van der Waals surface area contributed by atoms with Crippen molar-refractivity contribution in [2.75, 3.05) is 13.7 Å². The van der Waals surface area contributed by atoms with E-state index in [9.17, 15) is 10.1 Å². The third kappa shape index (κ3) is 5.20. The van der Waals surface area contributed by atoms with Crippen LogP contribution in [0, 0.1) is 22.7 Å². The highest BCUT2D eigenvalue weighted by molar-refractivity contribution is 5.85. The van der Waals surface area contributed by atoms with Gasteiger partial charge in [-0.3, -0.25) is 4.79 Å². The van der Waals surface area contributed by atoms with E-state index in [2.05, 4.69) is 11.4 Å². The van der Waals surface area contributed by atoms with E-state index < -0.39 is 5.41 Å². The van der Waals surface area contributed by atoms with Gasteiger partial charge in [0.15, 0.2) is 0 Å². The smallest absolute Gasteiger partial charge is 0.240 e. The first kappa shape index (κ1) is 17.9. The van der Waals surface area contributed by atoms with Crippen molar-refractivity contribution >= 4 is 5.91 Å². The zero-order valence-corrected chi connectivity index (χ0v) is 13.0. The molecule has 0 aromatic carbocycles. The van der Waals surface area contributed by atoms with Crippen LogP contribution in [0.25, 0.3) is 0 Å². The highest BCUT2D eigenvalue weighted by Crippen LogP contribution is 2.29. The van der Waals surface area contributed by atoms with Gasteiger partial charge < -0.3 is 10.1 Å². The van der Waals surface area contributed by atoms with E-state index >= 15 is 0 Å².